The smallest absolute Gasteiger partial charge is 0.316 e. The normalized spacial score (nSPS) is 9.43. The second-order valence-electron chi connectivity index (χ2n) is 6.09. The minimum atomic E-state index is -0.653. The van der Waals surface area contributed by atoms with Crippen LogP contribution in [0.4, 0.5) is 0 Å². The van der Waals surface area contributed by atoms with Crippen LogP contribution in [0.3, 0.4) is 0 Å². The predicted octanol–water partition coefficient (Wildman–Crippen LogP) is 4.59. The molecule has 134 valence electrons. The number of hydrogen-bond donors (Lipinski definition) is 1. The zero-order chi connectivity index (χ0) is 14.9. The van der Waals surface area contributed by atoms with Crippen molar-refractivity contribution in [3.63, 3.8) is 0 Å². The van der Waals surface area contributed by atoms with Gasteiger partial charge in [-0.15, -0.1) is 0 Å². The first-order valence-corrected chi connectivity index (χ1v) is 8.99. The third-order valence-corrected chi connectivity index (χ3v) is 3.99. The van der Waals surface area contributed by atoms with Gasteiger partial charge < -0.3 is 10.6 Å². The molecule has 0 spiro atoms. The quantitative estimate of drug-likeness (QED) is 0.307. The molecule has 0 heterocycles. The average Bonchev–Trinajstić information content (AvgIpc) is 2.43. The number of carboxylic acids is 1. The number of rotatable bonds is 16. The molecule has 0 aliphatic heterocycles. The maximum absolute atomic E-state index is 10.3. The average molecular weight is 394 g/mol. The Labute approximate surface area is 173 Å². The van der Waals surface area contributed by atoms with Gasteiger partial charge in [0.15, 0.2) is 0 Å². The van der Waals surface area contributed by atoms with Gasteiger partial charge in [0.1, 0.15) is 0 Å². The molecule has 0 aliphatic rings. The van der Waals surface area contributed by atoms with Crippen LogP contribution in [0, 0.1) is 0 Å². The molecule has 0 radical (unpaired) electrons. The fourth-order valence-corrected chi connectivity index (χ4v) is 2.65. The Kier molecular flexibility index (Phi) is 38.0. The molecule has 0 rings (SSSR count). The topological polar surface area (TPSA) is 68.8 Å². The molecule has 0 aromatic rings. The molecule has 0 unspecified atom stereocenters. The summed E-state index contributed by atoms with van der Waals surface area (Å²) in [7, 11) is 0. The minimum Gasteiger partial charge on any atom is -0.481 e. The number of unbranched alkanes of at least 4 members (excludes halogenated alkanes) is 14. The first kappa shape index (κ1) is 31.6. The predicted molar refractivity (Wildman–Crippen MR) is 99.3 cm³/mol. The molecular weight excluding hydrogens is 354 g/mol. The second kappa shape index (κ2) is 27.7. The Morgan fingerprint density at radius 1 is 0.652 bits per heavy atom. The van der Waals surface area contributed by atoms with Crippen LogP contribution < -0.4 is 0 Å². The van der Waals surface area contributed by atoms with E-state index < -0.39 is 5.97 Å². The first-order valence-electron chi connectivity index (χ1n) is 8.99. The largest absolute Gasteiger partial charge is 0.481 e. The summed E-state index contributed by atoms with van der Waals surface area (Å²) in [5.41, 5.74) is 0. The van der Waals surface area contributed by atoms with Crippen LogP contribution in [0.25, 0.3) is 0 Å². The molecule has 0 saturated heterocycles. The van der Waals surface area contributed by atoms with Gasteiger partial charge in [-0.1, -0.05) is 96.8 Å². The molecule has 0 bridgehead atoms. The fraction of sp³-hybridized carbons (Fsp3) is 0.944. The minimum absolute atomic E-state index is 0. The molecule has 0 amide bonds. The van der Waals surface area contributed by atoms with Gasteiger partial charge in [-0.3, -0.25) is 4.79 Å². The van der Waals surface area contributed by atoms with Crippen LogP contribution in [-0.4, -0.2) is 39.6 Å². The van der Waals surface area contributed by atoms with Crippen LogP contribution in [-0.2, 0) is 24.3 Å². The van der Waals surface area contributed by atoms with Gasteiger partial charge >= 0.3 is 29.0 Å². The Bertz CT molecular complexity index is 216. The molecule has 0 aliphatic carbocycles. The van der Waals surface area contributed by atoms with Crippen molar-refractivity contribution in [1.29, 1.82) is 0 Å². The zero-order valence-corrected chi connectivity index (χ0v) is 17.8. The van der Waals surface area contributed by atoms with Gasteiger partial charge in [0, 0.05) is 25.9 Å². The molecule has 5 heteroatoms. The van der Waals surface area contributed by atoms with E-state index in [-0.39, 0.29) is 48.0 Å². The van der Waals surface area contributed by atoms with Gasteiger partial charge in [0.05, 0.1) is 0 Å². The van der Waals surface area contributed by atoms with Crippen molar-refractivity contribution in [3.05, 3.63) is 0 Å². The van der Waals surface area contributed by atoms with Gasteiger partial charge in [0.25, 0.3) is 0 Å². The van der Waals surface area contributed by atoms with Crippen molar-refractivity contribution in [2.24, 2.45) is 0 Å². The summed E-state index contributed by atoms with van der Waals surface area (Å²) in [4.78, 5) is 10.3. The number of carboxylic acid groups (broad SMARTS) is 1. The molecule has 0 fully saturated rings. The molecule has 23 heavy (non-hydrogen) atoms. The van der Waals surface area contributed by atoms with Crippen molar-refractivity contribution in [2.75, 3.05) is 0 Å². The molecule has 0 atom stereocenters. The van der Waals surface area contributed by atoms with E-state index >= 15 is 0 Å². The summed E-state index contributed by atoms with van der Waals surface area (Å²) in [6.45, 7) is 2.27. The van der Waals surface area contributed by atoms with Crippen molar-refractivity contribution in [2.45, 2.75) is 110 Å². The Morgan fingerprint density at radius 2 is 0.913 bits per heavy atom. The third kappa shape index (κ3) is 31.1. The molecule has 3 nitrogen and oxygen atoms in total. The van der Waals surface area contributed by atoms with E-state index in [4.69, 9.17) is 5.11 Å². The molecular formula is C18H40MgO3Zn. The second-order valence-corrected chi connectivity index (χ2v) is 6.09. The van der Waals surface area contributed by atoms with Gasteiger partial charge in [-0.05, 0) is 6.42 Å². The maximum atomic E-state index is 10.3. The first-order chi connectivity index (χ1) is 9.77. The van der Waals surface area contributed by atoms with Crippen molar-refractivity contribution in [3.8, 4) is 0 Å². The van der Waals surface area contributed by atoms with E-state index in [0.717, 1.165) is 12.8 Å². The zero-order valence-electron chi connectivity index (χ0n) is 14.9. The van der Waals surface area contributed by atoms with E-state index in [9.17, 15) is 4.79 Å². The van der Waals surface area contributed by atoms with E-state index in [1.54, 1.807) is 0 Å². The number of carbonyl (C=O) groups is 1. The Balaban J connectivity index is -0.000000602. The molecule has 0 aromatic carbocycles. The summed E-state index contributed by atoms with van der Waals surface area (Å²) < 4.78 is 0. The molecule has 0 aromatic heterocycles. The number of aliphatic carboxylic acids is 1. The van der Waals surface area contributed by atoms with Gasteiger partial charge in [0.2, 0.25) is 0 Å². The van der Waals surface area contributed by atoms with Crippen LogP contribution >= 0.6 is 0 Å². The standard InChI is InChI=1S/C18H36O2.Mg.H2O.Zn.2H/c1-2-3-4-5-6-7-8-9-10-11-12-13-14-15-16-17-18(19)20;;;;;/h2-17H2,1H3,(H,19,20);;1H2;;;. The third-order valence-electron chi connectivity index (χ3n) is 3.99. The van der Waals surface area contributed by atoms with E-state index in [0.29, 0.717) is 6.42 Å². The number of hydrogen-bond acceptors (Lipinski definition) is 1. The molecule has 0 saturated carbocycles. The SMILES string of the molecule is CCCCCCCCCCCCCCCCCC(=O)O.O.[MgH2].[Zn]. The maximum Gasteiger partial charge on any atom is 0.316 e. The Morgan fingerprint density at radius 3 is 1.17 bits per heavy atom. The van der Waals surface area contributed by atoms with Gasteiger partial charge in [-0.2, -0.15) is 0 Å². The summed E-state index contributed by atoms with van der Waals surface area (Å²) >= 11 is 0. The van der Waals surface area contributed by atoms with Crippen LogP contribution in [0.1, 0.15) is 110 Å². The monoisotopic (exact) mass is 392 g/mol. The summed E-state index contributed by atoms with van der Waals surface area (Å²) in [5.74, 6) is -0.653. The van der Waals surface area contributed by atoms with Crippen molar-refractivity contribution < 1.29 is 34.9 Å². The Hall–Kier alpha value is 0.820. The van der Waals surface area contributed by atoms with Crippen LogP contribution in [0.5, 0.6) is 0 Å². The summed E-state index contributed by atoms with van der Waals surface area (Å²) in [5, 5.41) is 8.52. The van der Waals surface area contributed by atoms with Gasteiger partial charge in [-0.25, -0.2) is 0 Å². The molecule has 3 N–H and O–H groups in total. The van der Waals surface area contributed by atoms with E-state index in [1.165, 1.54) is 83.5 Å². The summed E-state index contributed by atoms with van der Waals surface area (Å²) in [6, 6.07) is 0. The van der Waals surface area contributed by atoms with E-state index in [2.05, 4.69) is 6.92 Å². The van der Waals surface area contributed by atoms with Crippen molar-refractivity contribution in [1.82, 2.24) is 0 Å². The fourth-order valence-electron chi connectivity index (χ4n) is 2.65. The van der Waals surface area contributed by atoms with Crippen LogP contribution in [0.15, 0.2) is 0 Å². The van der Waals surface area contributed by atoms with Crippen LogP contribution in [0.2, 0.25) is 0 Å². The van der Waals surface area contributed by atoms with E-state index in [1.807, 2.05) is 0 Å². The summed E-state index contributed by atoms with van der Waals surface area (Å²) in [6.07, 6.45) is 20.2. The van der Waals surface area contributed by atoms with Crippen molar-refractivity contribution >= 4 is 29.0 Å².